The van der Waals surface area contributed by atoms with Crippen molar-refractivity contribution in [2.24, 2.45) is 5.73 Å². The van der Waals surface area contributed by atoms with Gasteiger partial charge in [-0.25, -0.2) is 9.59 Å². The minimum Gasteiger partial charge on any atom is -0.464 e. The van der Waals surface area contributed by atoms with E-state index in [1.807, 2.05) is 0 Å². The molecule has 0 bridgehead atoms. The number of morpholine rings is 1. The molecule has 164 valence electrons. The van der Waals surface area contributed by atoms with Gasteiger partial charge in [-0.3, -0.25) is 9.69 Å². The predicted octanol–water partition coefficient (Wildman–Crippen LogP) is 1.28. The monoisotopic (exact) mass is 432 g/mol. The van der Waals surface area contributed by atoms with E-state index >= 15 is 0 Å². The summed E-state index contributed by atoms with van der Waals surface area (Å²) in [7, 11) is 0. The van der Waals surface area contributed by atoms with Gasteiger partial charge < -0.3 is 28.8 Å². The van der Waals surface area contributed by atoms with Gasteiger partial charge in [-0.15, -0.1) is 0 Å². The number of thioether (sulfide) groups is 1. The first-order valence-corrected chi connectivity index (χ1v) is 10.2. The lowest BCUT2D eigenvalue weighted by Gasteiger charge is -2.28. The van der Waals surface area contributed by atoms with Gasteiger partial charge >= 0.3 is 17.1 Å². The summed E-state index contributed by atoms with van der Waals surface area (Å²) >= 11 is 0.773. The van der Waals surface area contributed by atoms with E-state index in [4.69, 9.17) is 28.8 Å². The molecule has 1 aromatic heterocycles. The molecule has 0 aromatic carbocycles. The van der Waals surface area contributed by atoms with E-state index in [0.717, 1.165) is 44.6 Å². The molecule has 1 aliphatic rings. The second-order valence-electron chi connectivity index (χ2n) is 7.13. The molecular weight excluding hydrogens is 404 g/mol. The molecule has 1 aliphatic heterocycles. The zero-order chi connectivity index (χ0) is 21.4. The van der Waals surface area contributed by atoms with Crippen molar-refractivity contribution in [2.45, 2.75) is 44.6 Å². The van der Waals surface area contributed by atoms with Crippen LogP contribution in [0.1, 0.15) is 31.8 Å². The minimum atomic E-state index is -1.02. The van der Waals surface area contributed by atoms with Gasteiger partial charge in [-0.2, -0.15) is 0 Å². The summed E-state index contributed by atoms with van der Waals surface area (Å²) < 4.78 is 24.1. The van der Waals surface area contributed by atoms with E-state index in [1.165, 1.54) is 6.92 Å². The van der Waals surface area contributed by atoms with Crippen LogP contribution in [0.3, 0.4) is 0 Å². The lowest BCUT2D eigenvalue weighted by Crippen LogP contribution is -2.48. The summed E-state index contributed by atoms with van der Waals surface area (Å²) in [5.41, 5.74) is 6.00. The predicted molar refractivity (Wildman–Crippen MR) is 105 cm³/mol. The number of ether oxygens (including phenoxy) is 3. The van der Waals surface area contributed by atoms with Gasteiger partial charge in [-0.1, -0.05) is 0 Å². The van der Waals surface area contributed by atoms with Crippen molar-refractivity contribution < 1.29 is 32.6 Å². The molecule has 2 N–H and O–H groups in total. The van der Waals surface area contributed by atoms with Crippen molar-refractivity contribution in [3.8, 4) is 0 Å². The Morgan fingerprint density at radius 2 is 1.93 bits per heavy atom. The Hall–Kier alpha value is -1.82. The Labute approximate surface area is 173 Å². The van der Waals surface area contributed by atoms with Crippen molar-refractivity contribution in [3.63, 3.8) is 0 Å². The van der Waals surface area contributed by atoms with Crippen LogP contribution in [0.5, 0.6) is 0 Å². The molecule has 2 rings (SSSR count). The fourth-order valence-corrected chi connectivity index (χ4v) is 3.37. The second kappa shape index (κ2) is 10.8. The van der Waals surface area contributed by atoms with Crippen molar-refractivity contribution in [1.82, 2.24) is 4.90 Å². The number of hydrogen-bond donors (Lipinski definition) is 1. The first kappa shape index (κ1) is 23.5. The highest BCUT2D eigenvalue weighted by molar-refractivity contribution is 8.14. The minimum absolute atomic E-state index is 0.130. The van der Waals surface area contributed by atoms with Gasteiger partial charge in [0.2, 0.25) is 0 Å². The molecule has 1 saturated heterocycles. The van der Waals surface area contributed by atoms with Crippen LogP contribution >= 0.6 is 11.8 Å². The number of carbonyl (C=O) groups excluding carboxylic acids is 2. The van der Waals surface area contributed by atoms with Crippen molar-refractivity contribution >= 4 is 23.0 Å². The largest absolute Gasteiger partial charge is 0.519 e. The third-order valence-electron chi connectivity index (χ3n) is 4.47. The van der Waals surface area contributed by atoms with E-state index in [1.54, 1.807) is 13.8 Å². The molecule has 1 aromatic rings. The van der Waals surface area contributed by atoms with Crippen LogP contribution in [0.15, 0.2) is 13.6 Å². The van der Waals surface area contributed by atoms with Crippen molar-refractivity contribution in [1.29, 1.82) is 0 Å². The van der Waals surface area contributed by atoms with Crippen LogP contribution in [0.4, 0.5) is 4.79 Å². The first-order chi connectivity index (χ1) is 13.7. The maximum absolute atomic E-state index is 12.2. The van der Waals surface area contributed by atoms with Gasteiger partial charge in [0.05, 0.1) is 19.8 Å². The first-order valence-electron chi connectivity index (χ1n) is 9.36. The average Bonchev–Trinajstić information content (AvgIpc) is 3.00. The van der Waals surface area contributed by atoms with Crippen LogP contribution in [-0.2, 0) is 25.6 Å². The van der Waals surface area contributed by atoms with Crippen LogP contribution in [0.25, 0.3) is 0 Å². The fourth-order valence-electron chi connectivity index (χ4n) is 2.60. The SMILES string of the molecule is Cc1oc(=O)oc1COC(=O)SC(C)(C)[C@@H](N)C(=O)OCCCN1CCOCC1. The Kier molecular flexibility index (Phi) is 8.75. The number of rotatable bonds is 9. The van der Waals surface area contributed by atoms with Gasteiger partial charge in [0, 0.05) is 24.4 Å². The number of carbonyl (C=O) groups is 2. The van der Waals surface area contributed by atoms with Gasteiger partial charge in [0.1, 0.15) is 6.04 Å². The molecule has 0 aliphatic carbocycles. The van der Waals surface area contributed by atoms with Crippen LogP contribution in [0.2, 0.25) is 0 Å². The number of esters is 1. The molecule has 0 unspecified atom stereocenters. The summed E-state index contributed by atoms with van der Waals surface area (Å²) in [6.45, 7) is 8.85. The Bertz CT molecular complexity index is 738. The van der Waals surface area contributed by atoms with Gasteiger partial charge in [-0.05, 0) is 39.0 Å². The van der Waals surface area contributed by atoms with Crippen LogP contribution in [-0.4, -0.2) is 66.4 Å². The number of nitrogens with two attached hydrogens (primary N) is 1. The molecule has 10 nitrogen and oxygen atoms in total. The second-order valence-corrected chi connectivity index (χ2v) is 8.72. The third kappa shape index (κ3) is 7.50. The molecule has 11 heteroatoms. The van der Waals surface area contributed by atoms with Crippen molar-refractivity contribution in [2.75, 3.05) is 39.5 Å². The summed E-state index contributed by atoms with van der Waals surface area (Å²) in [5.74, 6) is -1.07. The van der Waals surface area contributed by atoms with Crippen LogP contribution < -0.4 is 11.6 Å². The topological polar surface area (TPSA) is 134 Å². The lowest BCUT2D eigenvalue weighted by atomic mass is 10.0. The lowest BCUT2D eigenvalue weighted by molar-refractivity contribution is -0.146. The third-order valence-corrected chi connectivity index (χ3v) is 5.54. The van der Waals surface area contributed by atoms with Crippen LogP contribution in [0, 0.1) is 6.92 Å². The molecule has 0 radical (unpaired) electrons. The molecule has 1 fully saturated rings. The quantitative estimate of drug-likeness (QED) is 0.446. The van der Waals surface area contributed by atoms with Crippen molar-refractivity contribution in [3.05, 3.63) is 22.1 Å². The highest BCUT2D eigenvalue weighted by atomic mass is 32.2. The summed E-state index contributed by atoms with van der Waals surface area (Å²) in [6.07, 6.45) is 0.698. The summed E-state index contributed by atoms with van der Waals surface area (Å²) in [4.78, 5) is 37.6. The van der Waals surface area contributed by atoms with Gasteiger partial charge in [0.25, 0.3) is 0 Å². The number of aryl methyl sites for hydroxylation is 1. The average molecular weight is 432 g/mol. The normalized spacial score (nSPS) is 16.4. The highest BCUT2D eigenvalue weighted by Gasteiger charge is 2.37. The Balaban J connectivity index is 1.71. The zero-order valence-corrected chi connectivity index (χ0v) is 17.7. The van der Waals surface area contributed by atoms with E-state index in [-0.39, 0.29) is 24.7 Å². The van der Waals surface area contributed by atoms with Gasteiger partial charge in [0.15, 0.2) is 18.1 Å². The zero-order valence-electron chi connectivity index (χ0n) is 16.9. The smallest absolute Gasteiger partial charge is 0.464 e. The molecule has 0 saturated carbocycles. The number of hydrogen-bond acceptors (Lipinski definition) is 11. The van der Waals surface area contributed by atoms with E-state index in [9.17, 15) is 14.4 Å². The maximum atomic E-state index is 12.2. The van der Waals surface area contributed by atoms with E-state index in [2.05, 4.69) is 4.90 Å². The van der Waals surface area contributed by atoms with E-state index in [0.29, 0.717) is 6.42 Å². The Morgan fingerprint density at radius 1 is 1.24 bits per heavy atom. The molecule has 0 amide bonds. The highest BCUT2D eigenvalue weighted by Crippen LogP contribution is 2.30. The number of nitrogens with zero attached hydrogens (tertiary/aromatic N) is 1. The Morgan fingerprint density at radius 3 is 2.55 bits per heavy atom. The van der Waals surface area contributed by atoms with E-state index < -0.39 is 27.9 Å². The molecule has 2 heterocycles. The maximum Gasteiger partial charge on any atom is 0.519 e. The summed E-state index contributed by atoms with van der Waals surface area (Å²) in [5, 5.41) is -0.659. The fraction of sp³-hybridized carbons (Fsp3) is 0.722. The molecule has 0 spiro atoms. The molecule has 1 atom stereocenters. The summed E-state index contributed by atoms with van der Waals surface area (Å²) in [6, 6.07) is -1.02. The standard InChI is InChI=1S/C18H28N2O8S/c1-12-13(28-16(22)27-12)11-26-17(23)29-18(2,3)14(19)15(21)25-8-4-5-20-6-9-24-10-7-20/h14H,4-11,19H2,1-3H3/t14-/m0/s1. The molecular formula is C18H28N2O8S. The molecule has 29 heavy (non-hydrogen) atoms.